The lowest BCUT2D eigenvalue weighted by Crippen LogP contribution is -2.51. The highest BCUT2D eigenvalue weighted by molar-refractivity contribution is 5.84. The van der Waals surface area contributed by atoms with Crippen molar-refractivity contribution in [2.75, 3.05) is 13.1 Å². The third-order valence-corrected chi connectivity index (χ3v) is 5.84. The largest absolute Gasteiger partial charge is 0.490 e. The van der Waals surface area contributed by atoms with Crippen molar-refractivity contribution in [3.8, 4) is 16.9 Å². The van der Waals surface area contributed by atoms with Crippen LogP contribution in [0.1, 0.15) is 19.8 Å². The molecule has 2 aliphatic rings. The van der Waals surface area contributed by atoms with E-state index < -0.39 is 5.79 Å². The van der Waals surface area contributed by atoms with E-state index in [4.69, 9.17) is 14.2 Å². The molecule has 0 radical (unpaired) electrons. The number of carbonyl (C=O) groups is 1. The number of piperidine rings is 1. The Morgan fingerprint density at radius 3 is 2.48 bits per heavy atom. The van der Waals surface area contributed by atoms with E-state index in [9.17, 15) is 4.79 Å². The maximum atomic E-state index is 12.6. The minimum atomic E-state index is -1.23. The Hall–Kier alpha value is -3.54. The Bertz CT molecular complexity index is 1110. The van der Waals surface area contributed by atoms with Crippen molar-refractivity contribution in [2.45, 2.75) is 31.7 Å². The molecule has 2 aliphatic heterocycles. The Kier molecular flexibility index (Phi) is 4.98. The monoisotopic (exact) mass is 416 g/mol. The SMILES string of the molecule is CC1(C(=O)N2CCC(Oc3ccc(-c4cnc5ccccc5c4)cc3)CC2)OC=CO1. The standard InChI is InChI=1S/C25H24N2O4/c1-25(29-14-15-30-25)24(28)27-12-10-22(11-13-27)31-21-8-6-18(7-9-21)20-16-19-4-2-3-5-23(19)26-17-20/h2-9,14-17,22H,10-13H2,1H3. The number of para-hydroxylation sites is 1. The Morgan fingerprint density at radius 1 is 1.03 bits per heavy atom. The van der Waals surface area contributed by atoms with Crippen LogP contribution in [0.15, 0.2) is 73.3 Å². The van der Waals surface area contributed by atoms with Crippen molar-refractivity contribution in [1.29, 1.82) is 0 Å². The van der Waals surface area contributed by atoms with Crippen LogP contribution in [0.2, 0.25) is 0 Å². The molecule has 1 fully saturated rings. The van der Waals surface area contributed by atoms with Crippen molar-refractivity contribution in [3.63, 3.8) is 0 Å². The molecule has 5 rings (SSSR count). The Morgan fingerprint density at radius 2 is 1.74 bits per heavy atom. The van der Waals surface area contributed by atoms with Crippen LogP contribution in [0.5, 0.6) is 5.75 Å². The summed E-state index contributed by atoms with van der Waals surface area (Å²) in [6, 6.07) is 18.4. The number of rotatable bonds is 4. The average molecular weight is 416 g/mol. The lowest BCUT2D eigenvalue weighted by molar-refractivity contribution is -0.183. The number of likely N-dealkylation sites (tertiary alicyclic amines) is 1. The maximum Gasteiger partial charge on any atom is 0.328 e. The number of ether oxygens (including phenoxy) is 3. The summed E-state index contributed by atoms with van der Waals surface area (Å²) in [6.07, 6.45) is 6.33. The van der Waals surface area contributed by atoms with Gasteiger partial charge in [-0.3, -0.25) is 9.78 Å². The Labute approximate surface area is 181 Å². The molecular weight excluding hydrogens is 392 g/mol. The minimum absolute atomic E-state index is 0.0774. The summed E-state index contributed by atoms with van der Waals surface area (Å²) in [5.74, 6) is -0.550. The van der Waals surface area contributed by atoms with Crippen molar-refractivity contribution in [2.24, 2.45) is 0 Å². The van der Waals surface area contributed by atoms with Gasteiger partial charge < -0.3 is 19.1 Å². The topological polar surface area (TPSA) is 60.9 Å². The second-order valence-electron chi connectivity index (χ2n) is 8.00. The molecule has 6 nitrogen and oxygen atoms in total. The highest BCUT2D eigenvalue weighted by atomic mass is 16.7. The first-order valence-corrected chi connectivity index (χ1v) is 10.5. The molecule has 0 spiro atoms. The van der Waals surface area contributed by atoms with Gasteiger partial charge in [-0.15, -0.1) is 0 Å². The predicted molar refractivity (Wildman–Crippen MR) is 117 cm³/mol. The molecule has 31 heavy (non-hydrogen) atoms. The van der Waals surface area contributed by atoms with E-state index >= 15 is 0 Å². The molecule has 1 saturated heterocycles. The number of hydrogen-bond donors (Lipinski definition) is 0. The van der Waals surface area contributed by atoms with Gasteiger partial charge in [0.25, 0.3) is 0 Å². The number of fused-ring (bicyclic) bond motifs is 1. The fraction of sp³-hybridized carbons (Fsp3) is 0.280. The van der Waals surface area contributed by atoms with E-state index in [2.05, 4.69) is 29.2 Å². The van der Waals surface area contributed by atoms with Gasteiger partial charge in [0.2, 0.25) is 0 Å². The van der Waals surface area contributed by atoms with E-state index in [0.29, 0.717) is 13.1 Å². The van der Waals surface area contributed by atoms with Crippen LogP contribution in [-0.4, -0.2) is 40.8 Å². The highest BCUT2D eigenvalue weighted by Gasteiger charge is 2.43. The summed E-state index contributed by atoms with van der Waals surface area (Å²) in [5.41, 5.74) is 3.17. The predicted octanol–water partition coefficient (Wildman–Crippen LogP) is 4.51. The van der Waals surface area contributed by atoms with Gasteiger partial charge in [-0.1, -0.05) is 30.3 Å². The van der Waals surface area contributed by atoms with Gasteiger partial charge in [0.05, 0.1) is 5.52 Å². The lowest BCUT2D eigenvalue weighted by atomic mass is 10.0. The number of pyridine rings is 1. The van der Waals surface area contributed by atoms with E-state index in [1.807, 2.05) is 36.5 Å². The van der Waals surface area contributed by atoms with E-state index in [1.54, 1.807) is 11.8 Å². The lowest BCUT2D eigenvalue weighted by Gasteiger charge is -2.35. The van der Waals surface area contributed by atoms with Gasteiger partial charge in [0, 0.05) is 50.0 Å². The molecular formula is C25H24N2O4. The molecule has 1 aromatic heterocycles. The van der Waals surface area contributed by atoms with Gasteiger partial charge in [-0.2, -0.15) is 0 Å². The van der Waals surface area contributed by atoms with Crippen LogP contribution in [0.4, 0.5) is 0 Å². The summed E-state index contributed by atoms with van der Waals surface area (Å²) in [5, 5.41) is 1.12. The third kappa shape index (κ3) is 3.93. The summed E-state index contributed by atoms with van der Waals surface area (Å²) >= 11 is 0. The summed E-state index contributed by atoms with van der Waals surface area (Å²) < 4.78 is 16.8. The maximum absolute atomic E-state index is 12.6. The first-order chi connectivity index (χ1) is 15.1. The number of benzene rings is 2. The zero-order valence-corrected chi connectivity index (χ0v) is 17.4. The van der Waals surface area contributed by atoms with Crippen molar-refractivity contribution >= 4 is 16.8 Å². The van der Waals surface area contributed by atoms with Crippen LogP contribution in [0, 0.1) is 0 Å². The fourth-order valence-electron chi connectivity index (χ4n) is 4.06. The quantitative estimate of drug-likeness (QED) is 0.626. The first-order valence-electron chi connectivity index (χ1n) is 10.5. The van der Waals surface area contributed by atoms with Crippen molar-refractivity contribution < 1.29 is 19.0 Å². The zero-order valence-electron chi connectivity index (χ0n) is 17.4. The molecule has 6 heteroatoms. The van der Waals surface area contributed by atoms with Gasteiger partial charge >= 0.3 is 11.7 Å². The second kappa shape index (κ2) is 7.95. The molecule has 0 bridgehead atoms. The van der Waals surface area contributed by atoms with E-state index in [0.717, 1.165) is 40.6 Å². The first kappa shape index (κ1) is 19.4. The van der Waals surface area contributed by atoms with Gasteiger partial charge in [-0.05, 0) is 29.8 Å². The number of aromatic nitrogens is 1. The molecule has 3 heterocycles. The van der Waals surface area contributed by atoms with Crippen LogP contribution in [0.25, 0.3) is 22.0 Å². The highest BCUT2D eigenvalue weighted by Crippen LogP contribution is 2.28. The van der Waals surface area contributed by atoms with Crippen molar-refractivity contribution in [1.82, 2.24) is 9.88 Å². The smallest absolute Gasteiger partial charge is 0.328 e. The molecule has 1 amide bonds. The molecule has 0 saturated carbocycles. The molecule has 158 valence electrons. The minimum Gasteiger partial charge on any atom is -0.490 e. The molecule has 2 aromatic carbocycles. The normalized spacial score (nSPS) is 17.9. The number of carbonyl (C=O) groups excluding carboxylic acids is 1. The average Bonchev–Trinajstić information content (AvgIpc) is 3.27. The van der Waals surface area contributed by atoms with Gasteiger partial charge in [0.15, 0.2) is 0 Å². The van der Waals surface area contributed by atoms with Gasteiger partial charge in [-0.25, -0.2) is 0 Å². The molecule has 0 N–H and O–H groups in total. The van der Waals surface area contributed by atoms with Crippen molar-refractivity contribution in [3.05, 3.63) is 73.3 Å². The molecule has 0 aliphatic carbocycles. The number of nitrogens with zero attached hydrogens (tertiary/aromatic N) is 2. The van der Waals surface area contributed by atoms with Gasteiger partial charge in [0.1, 0.15) is 24.4 Å². The van der Waals surface area contributed by atoms with E-state index in [1.165, 1.54) is 12.5 Å². The second-order valence-corrected chi connectivity index (χ2v) is 8.00. The molecule has 0 unspecified atom stereocenters. The summed E-state index contributed by atoms with van der Waals surface area (Å²) in [6.45, 7) is 2.88. The fourth-order valence-corrected chi connectivity index (χ4v) is 4.06. The van der Waals surface area contributed by atoms with Crippen LogP contribution < -0.4 is 4.74 Å². The molecule has 0 atom stereocenters. The third-order valence-electron chi connectivity index (χ3n) is 5.84. The summed E-state index contributed by atoms with van der Waals surface area (Å²) in [7, 11) is 0. The Balaban J connectivity index is 1.19. The van der Waals surface area contributed by atoms with Crippen LogP contribution in [0.3, 0.4) is 0 Å². The van der Waals surface area contributed by atoms with E-state index in [-0.39, 0.29) is 12.0 Å². The molecule has 3 aromatic rings. The number of amides is 1. The zero-order chi connectivity index (χ0) is 21.3. The number of hydrogen-bond acceptors (Lipinski definition) is 5. The van der Waals surface area contributed by atoms with Crippen LogP contribution in [-0.2, 0) is 14.3 Å². The van der Waals surface area contributed by atoms with Crippen LogP contribution >= 0.6 is 0 Å². The summed E-state index contributed by atoms with van der Waals surface area (Å²) in [4.78, 5) is 19.0.